The van der Waals surface area contributed by atoms with Gasteiger partial charge in [0.05, 0.1) is 0 Å². The quantitative estimate of drug-likeness (QED) is 0.851. The maximum Gasteiger partial charge on any atom is 0.329 e. The van der Waals surface area contributed by atoms with Crippen LogP contribution in [-0.4, -0.2) is 34.0 Å². The highest BCUT2D eigenvalue weighted by molar-refractivity contribution is 5.90. The van der Waals surface area contributed by atoms with Crippen LogP contribution in [0.2, 0.25) is 0 Å². The number of hydrogen-bond acceptors (Lipinski definition) is 2. The number of carbonyl (C=O) groups excluding carboxylic acids is 1. The molecule has 1 N–H and O–H groups in total. The van der Waals surface area contributed by atoms with Crippen molar-refractivity contribution in [3.8, 4) is 0 Å². The Labute approximate surface area is 114 Å². The van der Waals surface area contributed by atoms with Crippen LogP contribution in [-0.2, 0) is 9.59 Å². The van der Waals surface area contributed by atoms with Crippen LogP contribution in [0.15, 0.2) is 0 Å². The van der Waals surface area contributed by atoms with Gasteiger partial charge < -0.3 is 10.0 Å². The lowest BCUT2D eigenvalue weighted by molar-refractivity contribution is -0.157. The molecule has 0 spiro atoms. The van der Waals surface area contributed by atoms with E-state index in [2.05, 4.69) is 0 Å². The van der Waals surface area contributed by atoms with Crippen molar-refractivity contribution in [2.45, 2.75) is 57.4 Å². The van der Waals surface area contributed by atoms with Gasteiger partial charge in [-0.1, -0.05) is 19.8 Å². The van der Waals surface area contributed by atoms with Crippen LogP contribution in [0.5, 0.6) is 0 Å². The van der Waals surface area contributed by atoms with Crippen LogP contribution < -0.4 is 0 Å². The Morgan fingerprint density at radius 1 is 1.21 bits per heavy atom. The van der Waals surface area contributed by atoms with Crippen molar-refractivity contribution in [1.82, 2.24) is 4.90 Å². The van der Waals surface area contributed by atoms with E-state index in [9.17, 15) is 14.7 Å². The second-order valence-electron chi connectivity index (χ2n) is 6.42. The van der Waals surface area contributed by atoms with Crippen molar-refractivity contribution in [2.75, 3.05) is 6.54 Å². The lowest BCUT2D eigenvalue weighted by Crippen LogP contribution is -2.53. The van der Waals surface area contributed by atoms with Gasteiger partial charge in [-0.3, -0.25) is 4.79 Å². The number of rotatable bonds is 3. The summed E-state index contributed by atoms with van der Waals surface area (Å²) in [5.41, 5.74) is -0.914. The highest BCUT2D eigenvalue weighted by atomic mass is 16.4. The number of nitrogens with zero attached hydrogens (tertiary/aromatic N) is 1. The van der Waals surface area contributed by atoms with E-state index in [1.54, 1.807) is 4.90 Å². The summed E-state index contributed by atoms with van der Waals surface area (Å²) in [5.74, 6) is 0.587. The highest BCUT2D eigenvalue weighted by Crippen LogP contribution is 2.57. The van der Waals surface area contributed by atoms with E-state index in [4.69, 9.17) is 0 Å². The first-order valence-electron chi connectivity index (χ1n) is 7.66. The second kappa shape index (κ2) is 4.50. The zero-order valence-electron chi connectivity index (χ0n) is 11.6. The molecule has 3 atom stereocenters. The van der Waals surface area contributed by atoms with Gasteiger partial charge in [0, 0.05) is 12.5 Å². The maximum atomic E-state index is 12.7. The normalized spacial score (nSPS) is 40.9. The molecular formula is C15H23NO3. The van der Waals surface area contributed by atoms with Crippen LogP contribution in [0, 0.1) is 17.8 Å². The van der Waals surface area contributed by atoms with Gasteiger partial charge in [0.1, 0.15) is 5.54 Å². The maximum absolute atomic E-state index is 12.7. The molecule has 1 heterocycles. The molecule has 4 nitrogen and oxygen atoms in total. The van der Waals surface area contributed by atoms with Crippen LogP contribution in [0.1, 0.15) is 51.9 Å². The molecule has 0 bridgehead atoms. The Kier molecular flexibility index (Phi) is 3.06. The summed E-state index contributed by atoms with van der Waals surface area (Å²) in [6, 6.07) is 0. The minimum Gasteiger partial charge on any atom is -0.479 e. The number of carboxylic acid groups (broad SMARTS) is 1. The third kappa shape index (κ3) is 1.79. The molecular weight excluding hydrogens is 242 g/mol. The molecule has 4 heteroatoms. The lowest BCUT2D eigenvalue weighted by Gasteiger charge is -2.34. The molecule has 19 heavy (non-hydrogen) atoms. The Morgan fingerprint density at radius 2 is 1.84 bits per heavy atom. The van der Waals surface area contributed by atoms with Gasteiger partial charge in [0.2, 0.25) is 5.91 Å². The van der Waals surface area contributed by atoms with E-state index in [-0.39, 0.29) is 11.8 Å². The summed E-state index contributed by atoms with van der Waals surface area (Å²) >= 11 is 0. The van der Waals surface area contributed by atoms with Gasteiger partial charge >= 0.3 is 5.97 Å². The number of carboxylic acids is 1. The number of fused-ring (bicyclic) bond motifs is 1. The summed E-state index contributed by atoms with van der Waals surface area (Å²) in [6.45, 7) is 2.52. The first-order valence-corrected chi connectivity index (χ1v) is 7.66. The molecule has 2 aliphatic carbocycles. The van der Waals surface area contributed by atoms with Crippen molar-refractivity contribution < 1.29 is 14.7 Å². The molecule has 0 aromatic heterocycles. The smallest absolute Gasteiger partial charge is 0.329 e. The van der Waals surface area contributed by atoms with Crippen molar-refractivity contribution in [2.24, 2.45) is 17.8 Å². The fourth-order valence-corrected chi connectivity index (χ4v) is 4.48. The van der Waals surface area contributed by atoms with Gasteiger partial charge in [-0.2, -0.15) is 0 Å². The molecule has 0 radical (unpaired) electrons. The van der Waals surface area contributed by atoms with E-state index in [1.165, 1.54) is 25.7 Å². The number of hydrogen-bond donors (Lipinski definition) is 1. The summed E-state index contributed by atoms with van der Waals surface area (Å²) in [5, 5.41) is 9.55. The minimum atomic E-state index is -0.914. The Hall–Kier alpha value is -1.06. The largest absolute Gasteiger partial charge is 0.479 e. The monoisotopic (exact) mass is 265 g/mol. The van der Waals surface area contributed by atoms with Crippen LogP contribution in [0.3, 0.4) is 0 Å². The average molecular weight is 265 g/mol. The predicted octanol–water partition coefficient (Wildman–Crippen LogP) is 2.28. The van der Waals surface area contributed by atoms with Crippen LogP contribution in [0.4, 0.5) is 0 Å². The standard InChI is InChI=1S/C15H23NO3/c1-2-15(14(18)19)8-5-9-16(15)13(17)12-10-6-3-4-7-11(10)12/h10-12H,2-9H2,1H3,(H,18,19). The molecule has 106 valence electrons. The molecule has 1 saturated heterocycles. The minimum absolute atomic E-state index is 0.138. The van der Waals surface area contributed by atoms with Crippen LogP contribution >= 0.6 is 0 Å². The topological polar surface area (TPSA) is 57.6 Å². The van der Waals surface area contributed by atoms with Gasteiger partial charge in [-0.25, -0.2) is 4.79 Å². The number of aliphatic carboxylic acids is 1. The first kappa shape index (κ1) is 12.9. The third-order valence-electron chi connectivity index (χ3n) is 5.68. The highest BCUT2D eigenvalue weighted by Gasteiger charge is 2.59. The molecule has 3 rings (SSSR count). The van der Waals surface area contributed by atoms with Crippen LogP contribution in [0.25, 0.3) is 0 Å². The first-order chi connectivity index (χ1) is 9.12. The number of amides is 1. The molecule has 0 aromatic carbocycles. The van der Waals surface area contributed by atoms with Crippen molar-refractivity contribution in [1.29, 1.82) is 0 Å². The molecule has 1 aliphatic heterocycles. The van der Waals surface area contributed by atoms with Gasteiger partial charge in [0.25, 0.3) is 0 Å². The van der Waals surface area contributed by atoms with E-state index in [1.807, 2.05) is 6.92 Å². The molecule has 2 saturated carbocycles. The number of carbonyl (C=O) groups is 2. The zero-order chi connectivity index (χ0) is 13.6. The predicted molar refractivity (Wildman–Crippen MR) is 70.5 cm³/mol. The summed E-state index contributed by atoms with van der Waals surface area (Å²) < 4.78 is 0. The van der Waals surface area contributed by atoms with E-state index in [0.717, 1.165) is 6.42 Å². The van der Waals surface area contributed by atoms with E-state index >= 15 is 0 Å². The van der Waals surface area contributed by atoms with Gasteiger partial charge in [-0.05, 0) is 43.9 Å². The zero-order valence-corrected chi connectivity index (χ0v) is 11.6. The van der Waals surface area contributed by atoms with E-state index in [0.29, 0.717) is 31.2 Å². The Morgan fingerprint density at radius 3 is 2.37 bits per heavy atom. The van der Waals surface area contributed by atoms with Crippen molar-refractivity contribution >= 4 is 11.9 Å². The summed E-state index contributed by atoms with van der Waals surface area (Å²) in [4.78, 5) is 26.1. The second-order valence-corrected chi connectivity index (χ2v) is 6.42. The molecule has 0 aromatic rings. The Balaban J connectivity index is 1.78. The molecule has 1 amide bonds. The molecule has 3 unspecified atom stereocenters. The summed E-state index contributed by atoms with van der Waals surface area (Å²) in [6.07, 6.45) is 6.78. The van der Waals surface area contributed by atoms with E-state index < -0.39 is 11.5 Å². The third-order valence-corrected chi connectivity index (χ3v) is 5.68. The fourth-order valence-electron chi connectivity index (χ4n) is 4.48. The Bertz CT molecular complexity index is 396. The van der Waals surface area contributed by atoms with Gasteiger partial charge in [-0.15, -0.1) is 0 Å². The molecule has 3 fully saturated rings. The fraction of sp³-hybridized carbons (Fsp3) is 0.867. The SMILES string of the molecule is CCC1(C(=O)O)CCCN1C(=O)C1C2CCCCC21. The lowest BCUT2D eigenvalue weighted by atomic mass is 9.92. The average Bonchev–Trinajstić information content (AvgIpc) is 2.96. The molecule has 3 aliphatic rings. The number of likely N-dealkylation sites (tertiary alicyclic amines) is 1. The van der Waals surface area contributed by atoms with Crippen molar-refractivity contribution in [3.63, 3.8) is 0 Å². The van der Waals surface area contributed by atoms with Gasteiger partial charge in [0.15, 0.2) is 0 Å². The van der Waals surface area contributed by atoms with Crippen molar-refractivity contribution in [3.05, 3.63) is 0 Å². The summed E-state index contributed by atoms with van der Waals surface area (Å²) in [7, 11) is 0.